The molecule has 0 spiro atoms. The highest BCUT2D eigenvalue weighted by Gasteiger charge is 2.38. The van der Waals surface area contributed by atoms with Crippen molar-refractivity contribution in [1.82, 2.24) is 10.8 Å². The van der Waals surface area contributed by atoms with Crippen LogP contribution in [0.2, 0.25) is 0 Å². The normalized spacial score (nSPS) is 13.9. The monoisotopic (exact) mass is 312 g/mol. The summed E-state index contributed by atoms with van der Waals surface area (Å²) in [6.07, 6.45) is 0. The molecule has 1 unspecified atom stereocenters. The Morgan fingerprint density at radius 3 is 2.32 bits per heavy atom. The minimum Gasteiger partial charge on any atom is -0.467 e. The molecule has 0 heterocycles. The second-order valence-corrected chi connectivity index (χ2v) is 5.90. The lowest BCUT2D eigenvalue weighted by molar-refractivity contribution is -0.148. The number of ether oxygens (including phenoxy) is 1. The molecule has 0 saturated heterocycles. The van der Waals surface area contributed by atoms with E-state index in [1.165, 1.54) is 32.2 Å². The first-order chi connectivity index (χ1) is 10.1. The van der Waals surface area contributed by atoms with Crippen LogP contribution in [-0.2, 0) is 19.9 Å². The van der Waals surface area contributed by atoms with Crippen LogP contribution in [0.3, 0.4) is 0 Å². The van der Waals surface area contributed by atoms with Gasteiger partial charge in [0.05, 0.1) is 12.7 Å². The number of carbonyl (C=O) groups excluding carboxylic acids is 2. The molecule has 0 saturated carbocycles. The first-order valence-electron chi connectivity index (χ1n) is 6.69. The third-order valence-corrected chi connectivity index (χ3v) is 2.81. The average molecular weight is 312 g/mol. The van der Waals surface area contributed by atoms with Gasteiger partial charge in [0.2, 0.25) is 0 Å². The van der Waals surface area contributed by atoms with E-state index in [0.717, 1.165) is 6.07 Å². The molecule has 0 aliphatic rings. The van der Waals surface area contributed by atoms with E-state index >= 15 is 0 Å². The van der Waals surface area contributed by atoms with Gasteiger partial charge in [0.25, 0.3) is 0 Å². The average Bonchev–Trinajstić information content (AvgIpc) is 2.43. The predicted octanol–water partition coefficient (Wildman–Crippen LogP) is 2.24. The van der Waals surface area contributed by atoms with Crippen molar-refractivity contribution in [2.45, 2.75) is 38.8 Å². The van der Waals surface area contributed by atoms with Crippen LogP contribution in [0.5, 0.6) is 0 Å². The van der Waals surface area contributed by atoms with Gasteiger partial charge in [-0.05, 0) is 45.4 Å². The molecule has 1 aromatic carbocycles. The number of hydrogen-bond donors (Lipinski definition) is 2. The van der Waals surface area contributed by atoms with E-state index in [4.69, 9.17) is 9.57 Å². The topological polar surface area (TPSA) is 76.7 Å². The minimum atomic E-state index is -1.55. The van der Waals surface area contributed by atoms with Crippen LogP contribution in [0.25, 0.3) is 0 Å². The fourth-order valence-corrected chi connectivity index (χ4v) is 1.70. The summed E-state index contributed by atoms with van der Waals surface area (Å²) in [5.41, 5.74) is 0.292. The van der Waals surface area contributed by atoms with E-state index in [9.17, 15) is 14.0 Å². The van der Waals surface area contributed by atoms with E-state index in [0.29, 0.717) is 0 Å². The molecule has 7 heteroatoms. The summed E-state index contributed by atoms with van der Waals surface area (Å²) in [6.45, 7) is 6.67. The third-order valence-electron chi connectivity index (χ3n) is 2.81. The van der Waals surface area contributed by atoms with Gasteiger partial charge in [0, 0.05) is 0 Å². The molecular weight excluding hydrogens is 291 g/mol. The Hall–Kier alpha value is -2.15. The zero-order chi connectivity index (χ0) is 17.0. The van der Waals surface area contributed by atoms with Gasteiger partial charge in [0.15, 0.2) is 5.54 Å². The quantitative estimate of drug-likeness (QED) is 0.660. The van der Waals surface area contributed by atoms with Crippen molar-refractivity contribution in [2.75, 3.05) is 7.11 Å². The maximum absolute atomic E-state index is 13.4. The summed E-state index contributed by atoms with van der Waals surface area (Å²) >= 11 is 0. The first-order valence-corrected chi connectivity index (χ1v) is 6.69. The molecule has 122 valence electrons. The van der Waals surface area contributed by atoms with E-state index < -0.39 is 29.0 Å². The fraction of sp³-hybridized carbons (Fsp3) is 0.467. The number of carbonyl (C=O) groups is 2. The van der Waals surface area contributed by atoms with Gasteiger partial charge >= 0.3 is 12.0 Å². The maximum atomic E-state index is 13.4. The van der Waals surface area contributed by atoms with Crippen LogP contribution in [0, 0.1) is 5.82 Å². The van der Waals surface area contributed by atoms with Crippen molar-refractivity contribution in [3.8, 4) is 0 Å². The van der Waals surface area contributed by atoms with Crippen LogP contribution in [-0.4, -0.2) is 24.7 Å². The number of benzene rings is 1. The number of amides is 2. The fourth-order valence-electron chi connectivity index (χ4n) is 1.70. The van der Waals surface area contributed by atoms with Crippen molar-refractivity contribution in [3.63, 3.8) is 0 Å². The first kappa shape index (κ1) is 17.9. The largest absolute Gasteiger partial charge is 0.467 e. The van der Waals surface area contributed by atoms with Crippen molar-refractivity contribution < 1.29 is 23.6 Å². The third kappa shape index (κ3) is 4.70. The van der Waals surface area contributed by atoms with Crippen LogP contribution in [0.4, 0.5) is 9.18 Å². The Bertz CT molecular complexity index is 557. The van der Waals surface area contributed by atoms with Crippen LogP contribution in [0.1, 0.15) is 33.3 Å². The highest BCUT2D eigenvalue weighted by Crippen LogP contribution is 2.23. The number of halogens is 1. The number of esters is 1. The van der Waals surface area contributed by atoms with E-state index in [1.54, 1.807) is 20.8 Å². The summed E-state index contributed by atoms with van der Waals surface area (Å²) in [6, 6.07) is 4.61. The molecule has 1 atom stereocenters. The van der Waals surface area contributed by atoms with Gasteiger partial charge in [-0.1, -0.05) is 12.1 Å². The molecule has 0 aromatic heterocycles. The van der Waals surface area contributed by atoms with Gasteiger partial charge in [-0.25, -0.2) is 19.5 Å². The standard InChI is InChI=1S/C15H21FN2O4/c1-14(2,3)22-18-13(20)17-15(4,12(19)21-5)10-7-6-8-11(16)9-10/h6-9H,1-5H3,(H2,17,18,20). The SMILES string of the molecule is COC(=O)C(C)(NC(=O)NOC(C)(C)C)c1cccc(F)c1. The van der Waals surface area contributed by atoms with E-state index in [-0.39, 0.29) is 5.56 Å². The number of nitrogens with one attached hydrogen (secondary N) is 2. The molecule has 2 N–H and O–H groups in total. The van der Waals surface area contributed by atoms with Crippen molar-refractivity contribution in [1.29, 1.82) is 0 Å². The molecule has 22 heavy (non-hydrogen) atoms. The summed E-state index contributed by atoms with van der Waals surface area (Å²) in [7, 11) is 1.19. The Labute approximate surface area is 128 Å². The Kier molecular flexibility index (Phi) is 5.48. The van der Waals surface area contributed by atoms with E-state index in [1.807, 2.05) is 0 Å². The van der Waals surface area contributed by atoms with Crippen LogP contribution in [0.15, 0.2) is 24.3 Å². The Morgan fingerprint density at radius 1 is 1.18 bits per heavy atom. The molecule has 0 fully saturated rings. The number of urea groups is 1. The number of rotatable bonds is 4. The van der Waals surface area contributed by atoms with Crippen molar-refractivity contribution >= 4 is 12.0 Å². The maximum Gasteiger partial charge on any atom is 0.339 e. The second-order valence-electron chi connectivity index (χ2n) is 5.90. The van der Waals surface area contributed by atoms with Crippen molar-refractivity contribution in [2.24, 2.45) is 0 Å². The molecule has 0 bridgehead atoms. The molecular formula is C15H21FN2O4. The van der Waals surface area contributed by atoms with Gasteiger partial charge in [-0.15, -0.1) is 0 Å². The molecule has 6 nitrogen and oxygen atoms in total. The second kappa shape index (κ2) is 6.74. The molecule has 0 radical (unpaired) electrons. The predicted molar refractivity (Wildman–Crippen MR) is 78.3 cm³/mol. The molecule has 2 amide bonds. The van der Waals surface area contributed by atoms with Crippen LogP contribution >= 0.6 is 0 Å². The number of hydrogen-bond acceptors (Lipinski definition) is 4. The molecule has 0 aliphatic carbocycles. The van der Waals surface area contributed by atoms with Gasteiger partial charge < -0.3 is 10.1 Å². The number of methoxy groups -OCH3 is 1. The Balaban J connectivity index is 2.99. The van der Waals surface area contributed by atoms with Gasteiger partial charge in [-0.2, -0.15) is 0 Å². The zero-order valence-electron chi connectivity index (χ0n) is 13.3. The van der Waals surface area contributed by atoms with Gasteiger partial charge in [0.1, 0.15) is 5.82 Å². The summed E-state index contributed by atoms with van der Waals surface area (Å²) in [5.74, 6) is -1.26. The summed E-state index contributed by atoms with van der Waals surface area (Å²) in [4.78, 5) is 29.1. The highest BCUT2D eigenvalue weighted by molar-refractivity contribution is 5.87. The number of hydroxylamine groups is 1. The molecule has 1 rings (SSSR count). The van der Waals surface area contributed by atoms with Crippen molar-refractivity contribution in [3.05, 3.63) is 35.6 Å². The molecule has 0 aliphatic heterocycles. The zero-order valence-corrected chi connectivity index (χ0v) is 13.3. The van der Waals surface area contributed by atoms with E-state index in [2.05, 4.69) is 10.8 Å². The van der Waals surface area contributed by atoms with Gasteiger partial charge in [-0.3, -0.25) is 4.84 Å². The lowest BCUT2D eigenvalue weighted by Crippen LogP contribution is -2.54. The lowest BCUT2D eigenvalue weighted by atomic mass is 9.92. The lowest BCUT2D eigenvalue weighted by Gasteiger charge is -2.29. The minimum absolute atomic E-state index is 0.255. The Morgan fingerprint density at radius 2 is 1.82 bits per heavy atom. The smallest absolute Gasteiger partial charge is 0.339 e. The molecule has 1 aromatic rings. The summed E-state index contributed by atoms with van der Waals surface area (Å²) in [5, 5.41) is 2.44. The van der Waals surface area contributed by atoms with Crippen LogP contribution < -0.4 is 10.8 Å². The summed E-state index contributed by atoms with van der Waals surface area (Å²) < 4.78 is 18.1. The highest BCUT2D eigenvalue weighted by atomic mass is 19.1.